The lowest BCUT2D eigenvalue weighted by Crippen LogP contribution is -2.46. The molecule has 35 heavy (non-hydrogen) atoms. The minimum atomic E-state index is -0.285. The van der Waals surface area contributed by atoms with Crippen LogP contribution in [0, 0.1) is 0 Å². The molecule has 2 aliphatic rings. The predicted molar refractivity (Wildman–Crippen MR) is 141 cm³/mol. The van der Waals surface area contributed by atoms with Crippen molar-refractivity contribution in [1.29, 1.82) is 0 Å². The third-order valence-electron chi connectivity index (χ3n) is 7.24. The molecule has 0 atom stereocenters. The average molecular weight is 477 g/mol. The van der Waals surface area contributed by atoms with Crippen molar-refractivity contribution in [3.63, 3.8) is 0 Å². The van der Waals surface area contributed by atoms with E-state index in [2.05, 4.69) is 66.4 Å². The van der Waals surface area contributed by atoms with Gasteiger partial charge in [0.25, 0.3) is 5.56 Å². The van der Waals surface area contributed by atoms with E-state index >= 15 is 0 Å². The van der Waals surface area contributed by atoms with Crippen molar-refractivity contribution in [1.82, 2.24) is 30.0 Å². The summed E-state index contributed by atoms with van der Waals surface area (Å²) in [6, 6.07) is 8.46. The van der Waals surface area contributed by atoms with E-state index in [4.69, 9.17) is 4.98 Å². The second-order valence-corrected chi connectivity index (χ2v) is 9.58. The zero-order valence-corrected chi connectivity index (χ0v) is 20.7. The number of likely N-dealkylation sites (N-methyl/N-ethyl adjacent to an activating group) is 1. The fourth-order valence-corrected chi connectivity index (χ4v) is 5.00. The molecule has 1 aromatic carbocycles. The number of rotatable bonds is 7. The van der Waals surface area contributed by atoms with Crippen molar-refractivity contribution in [2.24, 2.45) is 0 Å². The van der Waals surface area contributed by atoms with Gasteiger partial charge in [-0.2, -0.15) is 10.1 Å². The van der Waals surface area contributed by atoms with Crippen LogP contribution in [-0.4, -0.2) is 82.3 Å². The minimum Gasteiger partial charge on any atom is -0.341 e. The molecule has 0 saturated carbocycles. The van der Waals surface area contributed by atoms with Gasteiger partial charge < -0.3 is 20.0 Å². The van der Waals surface area contributed by atoms with E-state index in [0.29, 0.717) is 22.7 Å². The van der Waals surface area contributed by atoms with Crippen LogP contribution in [0.5, 0.6) is 0 Å². The molecule has 5 rings (SSSR count). The van der Waals surface area contributed by atoms with Crippen molar-refractivity contribution in [3.05, 3.63) is 46.4 Å². The molecule has 4 heterocycles. The van der Waals surface area contributed by atoms with Gasteiger partial charge in [0.1, 0.15) is 16.7 Å². The number of hydrogen-bond acceptors (Lipinski definition) is 8. The Balaban J connectivity index is 1.30. The standard InChI is InChI=1S/C26H36N8O/c1-2-32-15-17-33(18-16-32)14-11-20-7-9-21(10-8-20)28-24-23-22(19-27-31-25(23)35)29-26(30-24)34-12-5-3-4-6-13-34/h7-10,19H,2-6,11-18H2,1H3,(H,31,35)(H,28,29,30). The third kappa shape index (κ3) is 5.79. The predicted octanol–water partition coefficient (Wildman–Crippen LogP) is 3.02. The van der Waals surface area contributed by atoms with Gasteiger partial charge in [-0.25, -0.2) is 10.1 Å². The second-order valence-electron chi connectivity index (χ2n) is 9.58. The van der Waals surface area contributed by atoms with E-state index in [1.807, 2.05) is 0 Å². The molecule has 2 saturated heterocycles. The van der Waals surface area contributed by atoms with Crippen LogP contribution in [0.25, 0.3) is 10.9 Å². The molecular weight excluding hydrogens is 440 g/mol. The third-order valence-corrected chi connectivity index (χ3v) is 7.24. The zero-order valence-electron chi connectivity index (χ0n) is 20.7. The van der Waals surface area contributed by atoms with Crippen LogP contribution in [0.15, 0.2) is 35.3 Å². The number of aromatic amines is 1. The Labute approximate surface area is 206 Å². The van der Waals surface area contributed by atoms with E-state index < -0.39 is 0 Å². The van der Waals surface area contributed by atoms with Crippen molar-refractivity contribution in [2.45, 2.75) is 39.0 Å². The lowest BCUT2D eigenvalue weighted by Gasteiger charge is -2.34. The summed E-state index contributed by atoms with van der Waals surface area (Å²) in [4.78, 5) is 29.4. The minimum absolute atomic E-state index is 0.285. The van der Waals surface area contributed by atoms with Crippen LogP contribution in [0.4, 0.5) is 17.5 Å². The summed E-state index contributed by atoms with van der Waals surface area (Å²) in [6.07, 6.45) is 7.37. The zero-order chi connectivity index (χ0) is 24.0. The number of nitrogens with zero attached hydrogens (tertiary/aromatic N) is 6. The molecule has 0 aliphatic carbocycles. The first-order valence-electron chi connectivity index (χ1n) is 13.0. The summed E-state index contributed by atoms with van der Waals surface area (Å²) in [5.41, 5.74) is 2.49. The number of hydrogen-bond donors (Lipinski definition) is 2. The normalized spacial score (nSPS) is 18.0. The number of benzene rings is 1. The highest BCUT2D eigenvalue weighted by Gasteiger charge is 2.18. The lowest BCUT2D eigenvalue weighted by atomic mass is 10.1. The first-order chi connectivity index (χ1) is 17.2. The van der Waals surface area contributed by atoms with Crippen molar-refractivity contribution in [2.75, 3.05) is 62.6 Å². The lowest BCUT2D eigenvalue weighted by molar-refractivity contribution is 0.138. The molecule has 3 aromatic rings. The van der Waals surface area contributed by atoms with Gasteiger partial charge in [0, 0.05) is 51.5 Å². The SMILES string of the molecule is CCN1CCN(CCc2ccc(Nc3nc(N4CCCCCC4)nc4cn[nH]c(=O)c34)cc2)CC1. The summed E-state index contributed by atoms with van der Waals surface area (Å²) in [5, 5.41) is 10.3. The first kappa shape index (κ1) is 23.7. The molecule has 0 radical (unpaired) electrons. The summed E-state index contributed by atoms with van der Waals surface area (Å²) < 4.78 is 0. The molecule has 2 N–H and O–H groups in total. The van der Waals surface area contributed by atoms with Crippen molar-refractivity contribution in [3.8, 4) is 0 Å². The van der Waals surface area contributed by atoms with Crippen LogP contribution in [0.1, 0.15) is 38.2 Å². The van der Waals surface area contributed by atoms with E-state index in [0.717, 1.165) is 64.2 Å². The number of anilines is 3. The van der Waals surface area contributed by atoms with Gasteiger partial charge in [-0.15, -0.1) is 0 Å². The van der Waals surface area contributed by atoms with Gasteiger partial charge in [-0.1, -0.05) is 31.9 Å². The van der Waals surface area contributed by atoms with Gasteiger partial charge in [0.05, 0.1) is 6.20 Å². The second kappa shape index (κ2) is 11.1. The highest BCUT2D eigenvalue weighted by molar-refractivity contribution is 5.90. The number of fused-ring (bicyclic) bond motifs is 1. The molecule has 2 fully saturated rings. The molecule has 9 heteroatoms. The Bertz CT molecular complexity index is 1160. The summed E-state index contributed by atoms with van der Waals surface area (Å²) in [5.74, 6) is 1.19. The Kier molecular flexibility index (Phi) is 7.54. The Morgan fingerprint density at radius 3 is 2.34 bits per heavy atom. The van der Waals surface area contributed by atoms with Crippen LogP contribution < -0.4 is 15.8 Å². The largest absolute Gasteiger partial charge is 0.341 e. The molecule has 0 bridgehead atoms. The van der Waals surface area contributed by atoms with E-state index in [-0.39, 0.29) is 5.56 Å². The molecule has 0 amide bonds. The van der Waals surface area contributed by atoms with E-state index in [1.165, 1.54) is 31.5 Å². The highest BCUT2D eigenvalue weighted by Crippen LogP contribution is 2.25. The first-order valence-corrected chi connectivity index (χ1v) is 13.0. The van der Waals surface area contributed by atoms with Gasteiger partial charge in [0.15, 0.2) is 0 Å². The van der Waals surface area contributed by atoms with E-state index in [9.17, 15) is 4.79 Å². The van der Waals surface area contributed by atoms with Crippen LogP contribution in [0.2, 0.25) is 0 Å². The molecule has 186 valence electrons. The van der Waals surface area contributed by atoms with Crippen LogP contribution in [0.3, 0.4) is 0 Å². The van der Waals surface area contributed by atoms with Gasteiger partial charge in [-0.05, 0) is 43.5 Å². The maximum Gasteiger partial charge on any atom is 0.277 e. The Morgan fingerprint density at radius 2 is 1.63 bits per heavy atom. The maximum absolute atomic E-state index is 12.6. The van der Waals surface area contributed by atoms with Gasteiger partial charge in [-0.3, -0.25) is 4.79 Å². The van der Waals surface area contributed by atoms with Gasteiger partial charge >= 0.3 is 0 Å². The van der Waals surface area contributed by atoms with Crippen LogP contribution >= 0.6 is 0 Å². The summed E-state index contributed by atoms with van der Waals surface area (Å²) in [7, 11) is 0. The number of piperazine rings is 1. The quantitative estimate of drug-likeness (QED) is 0.538. The van der Waals surface area contributed by atoms with Crippen molar-refractivity contribution >= 4 is 28.4 Å². The molecular formula is C26H36N8O. The fourth-order valence-electron chi connectivity index (χ4n) is 5.00. The van der Waals surface area contributed by atoms with E-state index in [1.54, 1.807) is 6.20 Å². The number of nitrogens with one attached hydrogen (secondary N) is 2. The number of aromatic nitrogens is 4. The Morgan fingerprint density at radius 1 is 0.914 bits per heavy atom. The molecule has 9 nitrogen and oxygen atoms in total. The smallest absolute Gasteiger partial charge is 0.277 e. The van der Waals surface area contributed by atoms with Crippen molar-refractivity contribution < 1.29 is 0 Å². The monoisotopic (exact) mass is 476 g/mol. The van der Waals surface area contributed by atoms with Crippen LogP contribution in [-0.2, 0) is 6.42 Å². The average Bonchev–Trinajstić information content (AvgIpc) is 3.18. The summed E-state index contributed by atoms with van der Waals surface area (Å²) in [6.45, 7) is 11.0. The summed E-state index contributed by atoms with van der Waals surface area (Å²) >= 11 is 0. The topological polar surface area (TPSA) is 93.3 Å². The Hall–Kier alpha value is -3.04. The molecule has 2 aromatic heterocycles. The molecule has 0 unspecified atom stereocenters. The fraction of sp³-hybridized carbons (Fsp3) is 0.538. The maximum atomic E-state index is 12.6. The molecule has 2 aliphatic heterocycles. The highest BCUT2D eigenvalue weighted by atomic mass is 16.1. The molecule has 0 spiro atoms. The van der Waals surface area contributed by atoms with Gasteiger partial charge in [0.2, 0.25) is 5.95 Å². The number of H-pyrrole nitrogens is 1.